The number of anilines is 1. The second kappa shape index (κ2) is 9.94. The number of carbonyl (C=O) groups excluding carboxylic acids is 1. The lowest BCUT2D eigenvalue weighted by Crippen LogP contribution is -2.38. The Morgan fingerprint density at radius 2 is 2.19 bits per heavy atom. The van der Waals surface area contributed by atoms with Crippen molar-refractivity contribution >= 4 is 11.7 Å². The van der Waals surface area contributed by atoms with Crippen molar-refractivity contribution in [3.63, 3.8) is 0 Å². The zero-order chi connectivity index (χ0) is 18.9. The first kappa shape index (κ1) is 19.2. The Labute approximate surface area is 159 Å². The number of morpholine rings is 1. The molecule has 146 valence electrons. The van der Waals surface area contributed by atoms with Crippen molar-refractivity contribution in [1.29, 1.82) is 0 Å². The molecule has 2 aromatic rings. The summed E-state index contributed by atoms with van der Waals surface area (Å²) in [6.45, 7) is 8.21. The monoisotopic (exact) mass is 373 g/mol. The van der Waals surface area contributed by atoms with Crippen molar-refractivity contribution in [2.75, 3.05) is 44.8 Å². The lowest BCUT2D eigenvalue weighted by Gasteiger charge is -2.26. The highest BCUT2D eigenvalue weighted by Crippen LogP contribution is 2.13. The van der Waals surface area contributed by atoms with E-state index in [-0.39, 0.29) is 6.03 Å². The van der Waals surface area contributed by atoms with Gasteiger partial charge in [0.15, 0.2) is 0 Å². The van der Waals surface area contributed by atoms with E-state index in [0.29, 0.717) is 18.8 Å². The number of rotatable bonds is 8. The van der Waals surface area contributed by atoms with E-state index in [2.05, 4.69) is 20.6 Å². The molecule has 27 heavy (non-hydrogen) atoms. The van der Waals surface area contributed by atoms with Gasteiger partial charge in [0.1, 0.15) is 12.4 Å². The number of nitrogens with zero attached hydrogens (tertiary/aromatic N) is 3. The molecule has 2 N–H and O–H groups in total. The summed E-state index contributed by atoms with van der Waals surface area (Å²) >= 11 is 0. The van der Waals surface area contributed by atoms with Gasteiger partial charge in [-0.3, -0.25) is 9.58 Å². The molecule has 8 nitrogen and oxygen atoms in total. The van der Waals surface area contributed by atoms with Crippen LogP contribution >= 0.6 is 0 Å². The molecule has 1 fully saturated rings. The van der Waals surface area contributed by atoms with Crippen LogP contribution in [0.15, 0.2) is 36.7 Å². The van der Waals surface area contributed by atoms with E-state index in [4.69, 9.17) is 9.47 Å². The number of hydrogen-bond acceptors (Lipinski definition) is 5. The van der Waals surface area contributed by atoms with Crippen molar-refractivity contribution in [3.05, 3.63) is 42.2 Å². The van der Waals surface area contributed by atoms with Crippen LogP contribution in [-0.2, 0) is 17.8 Å². The number of aromatic nitrogens is 2. The molecule has 0 aliphatic carbocycles. The van der Waals surface area contributed by atoms with Gasteiger partial charge in [-0.1, -0.05) is 12.1 Å². The maximum Gasteiger partial charge on any atom is 0.319 e. The quantitative estimate of drug-likeness (QED) is 0.739. The van der Waals surface area contributed by atoms with Crippen LogP contribution in [0.2, 0.25) is 0 Å². The molecule has 0 atom stereocenters. The first-order chi connectivity index (χ1) is 13.2. The molecule has 2 amide bonds. The smallest absolute Gasteiger partial charge is 0.319 e. The van der Waals surface area contributed by atoms with E-state index in [1.807, 2.05) is 31.2 Å². The lowest BCUT2D eigenvalue weighted by atomic mass is 10.2. The van der Waals surface area contributed by atoms with Crippen LogP contribution in [0.1, 0.15) is 12.5 Å². The van der Waals surface area contributed by atoms with Crippen LogP contribution in [0.4, 0.5) is 10.5 Å². The number of hydrogen-bond donors (Lipinski definition) is 2. The maximum atomic E-state index is 12.0. The van der Waals surface area contributed by atoms with Gasteiger partial charge in [-0.15, -0.1) is 0 Å². The third kappa shape index (κ3) is 6.26. The Balaban J connectivity index is 1.40. The van der Waals surface area contributed by atoms with Crippen molar-refractivity contribution < 1.29 is 14.3 Å². The molecule has 1 aliphatic heterocycles. The van der Waals surface area contributed by atoms with E-state index in [1.165, 1.54) is 0 Å². The minimum Gasteiger partial charge on any atom is -0.492 e. The van der Waals surface area contributed by atoms with Gasteiger partial charge in [0.2, 0.25) is 0 Å². The average molecular weight is 373 g/mol. The van der Waals surface area contributed by atoms with Crippen LogP contribution in [0, 0.1) is 0 Å². The minimum absolute atomic E-state index is 0.260. The van der Waals surface area contributed by atoms with Gasteiger partial charge in [-0.2, -0.15) is 5.10 Å². The molecule has 1 aliphatic rings. The number of benzene rings is 1. The first-order valence-corrected chi connectivity index (χ1v) is 9.32. The van der Waals surface area contributed by atoms with Crippen LogP contribution in [0.5, 0.6) is 5.75 Å². The van der Waals surface area contributed by atoms with Crippen molar-refractivity contribution in [3.8, 4) is 5.75 Å². The Hall–Kier alpha value is -2.58. The fourth-order valence-electron chi connectivity index (χ4n) is 2.82. The molecule has 1 aromatic heterocycles. The summed E-state index contributed by atoms with van der Waals surface area (Å²) in [7, 11) is 0. The zero-order valence-corrected chi connectivity index (χ0v) is 15.7. The van der Waals surface area contributed by atoms with E-state index >= 15 is 0 Å². The number of carbonyl (C=O) groups is 1. The molecular weight excluding hydrogens is 346 g/mol. The molecular formula is C19H27N5O3. The third-order valence-corrected chi connectivity index (χ3v) is 4.35. The number of nitrogens with one attached hydrogen (secondary N) is 2. The third-order valence-electron chi connectivity index (χ3n) is 4.35. The fourth-order valence-corrected chi connectivity index (χ4v) is 2.82. The fraction of sp³-hybridized carbons (Fsp3) is 0.474. The minimum atomic E-state index is -0.260. The van der Waals surface area contributed by atoms with Crippen molar-refractivity contribution in [2.24, 2.45) is 0 Å². The van der Waals surface area contributed by atoms with E-state index in [0.717, 1.165) is 50.7 Å². The maximum absolute atomic E-state index is 12.0. The molecule has 1 saturated heterocycles. The SMILES string of the molecule is CCn1cc(NC(=O)NCc2cccc(OCCN3CCOCC3)c2)cn1. The molecule has 1 aromatic carbocycles. The second-order valence-electron chi connectivity index (χ2n) is 6.34. The molecule has 0 bridgehead atoms. The Morgan fingerprint density at radius 1 is 1.33 bits per heavy atom. The van der Waals surface area contributed by atoms with Gasteiger partial charge in [-0.25, -0.2) is 4.79 Å². The average Bonchev–Trinajstić information content (AvgIpc) is 3.15. The summed E-state index contributed by atoms with van der Waals surface area (Å²) in [6.07, 6.45) is 3.43. The number of urea groups is 1. The van der Waals surface area contributed by atoms with E-state index < -0.39 is 0 Å². The summed E-state index contributed by atoms with van der Waals surface area (Å²) in [4.78, 5) is 14.3. The van der Waals surface area contributed by atoms with Crippen molar-refractivity contribution in [1.82, 2.24) is 20.0 Å². The standard InChI is InChI=1S/C19H27N5O3/c1-2-24-15-17(14-21-24)22-19(25)20-13-16-4-3-5-18(12-16)27-11-8-23-6-9-26-10-7-23/h3-5,12,14-15H,2,6-11,13H2,1H3,(H2,20,22,25). The highest BCUT2D eigenvalue weighted by atomic mass is 16.5. The van der Waals surface area contributed by atoms with Crippen molar-refractivity contribution in [2.45, 2.75) is 20.0 Å². The van der Waals surface area contributed by atoms with Gasteiger partial charge in [-0.05, 0) is 24.6 Å². The molecule has 3 rings (SSSR count). The van der Waals surface area contributed by atoms with Crippen LogP contribution in [-0.4, -0.2) is 60.2 Å². The molecule has 0 saturated carbocycles. The van der Waals surface area contributed by atoms with Gasteiger partial charge in [0.05, 0.1) is 25.1 Å². The van der Waals surface area contributed by atoms with Crippen LogP contribution in [0.3, 0.4) is 0 Å². The predicted octanol–water partition coefficient (Wildman–Crippen LogP) is 1.94. The number of ether oxygens (including phenoxy) is 2. The van der Waals surface area contributed by atoms with E-state index in [9.17, 15) is 4.79 Å². The first-order valence-electron chi connectivity index (χ1n) is 9.32. The molecule has 0 radical (unpaired) electrons. The van der Waals surface area contributed by atoms with Gasteiger partial charge < -0.3 is 20.1 Å². The number of amides is 2. The lowest BCUT2D eigenvalue weighted by molar-refractivity contribution is 0.0322. The summed E-state index contributed by atoms with van der Waals surface area (Å²) in [5.41, 5.74) is 1.66. The summed E-state index contributed by atoms with van der Waals surface area (Å²) in [5.74, 6) is 0.812. The normalized spacial score (nSPS) is 14.7. The molecule has 8 heteroatoms. The summed E-state index contributed by atoms with van der Waals surface area (Å²) < 4.78 is 12.9. The highest BCUT2D eigenvalue weighted by Gasteiger charge is 2.10. The van der Waals surface area contributed by atoms with Crippen LogP contribution < -0.4 is 15.4 Å². The van der Waals surface area contributed by atoms with E-state index in [1.54, 1.807) is 17.1 Å². The Morgan fingerprint density at radius 3 is 2.96 bits per heavy atom. The highest BCUT2D eigenvalue weighted by molar-refractivity contribution is 5.88. The summed E-state index contributed by atoms with van der Waals surface area (Å²) in [6, 6.07) is 7.52. The molecule has 0 spiro atoms. The van der Waals surface area contributed by atoms with Gasteiger partial charge in [0, 0.05) is 38.9 Å². The largest absolute Gasteiger partial charge is 0.492 e. The zero-order valence-electron chi connectivity index (χ0n) is 15.7. The topological polar surface area (TPSA) is 80.7 Å². The Kier molecular flexibility index (Phi) is 7.06. The molecule has 0 unspecified atom stereocenters. The Bertz CT molecular complexity index is 728. The van der Waals surface area contributed by atoms with Crippen LogP contribution in [0.25, 0.3) is 0 Å². The second-order valence-corrected chi connectivity index (χ2v) is 6.34. The number of aryl methyl sites for hydroxylation is 1. The summed E-state index contributed by atoms with van der Waals surface area (Å²) in [5, 5.41) is 9.74. The van der Waals surface area contributed by atoms with Gasteiger partial charge >= 0.3 is 6.03 Å². The molecule has 2 heterocycles. The van der Waals surface area contributed by atoms with Gasteiger partial charge in [0.25, 0.3) is 0 Å². The predicted molar refractivity (Wildman–Crippen MR) is 103 cm³/mol.